The van der Waals surface area contributed by atoms with Crippen LogP contribution in [0.3, 0.4) is 0 Å². The van der Waals surface area contributed by atoms with E-state index in [2.05, 4.69) is 6.92 Å². The van der Waals surface area contributed by atoms with Crippen LogP contribution in [0.25, 0.3) is 0 Å². The van der Waals surface area contributed by atoms with E-state index in [0.717, 1.165) is 18.4 Å². The zero-order chi connectivity index (χ0) is 20.7. The molecule has 0 spiro atoms. The number of benzene rings is 1. The van der Waals surface area contributed by atoms with Gasteiger partial charge in [0.1, 0.15) is 17.1 Å². The van der Waals surface area contributed by atoms with Crippen LogP contribution in [-0.4, -0.2) is 31.2 Å². The molecule has 2 aliphatic heterocycles. The van der Waals surface area contributed by atoms with Crippen LogP contribution in [0.2, 0.25) is 0 Å². The molecule has 2 bridgehead atoms. The van der Waals surface area contributed by atoms with E-state index in [1.165, 1.54) is 37.5 Å². The van der Waals surface area contributed by atoms with Crippen molar-refractivity contribution in [2.24, 2.45) is 0 Å². The van der Waals surface area contributed by atoms with Crippen LogP contribution in [0.4, 0.5) is 0 Å². The molecule has 0 aromatic heterocycles. The highest BCUT2D eigenvalue weighted by molar-refractivity contribution is 8.00. The summed E-state index contributed by atoms with van der Waals surface area (Å²) in [5, 5.41) is 17.8. The largest absolute Gasteiger partial charge is 0.507 e. The molecule has 0 fully saturated rings. The van der Waals surface area contributed by atoms with E-state index in [4.69, 9.17) is 14.9 Å². The second-order valence-electron chi connectivity index (χ2n) is 6.50. The first-order valence-electron chi connectivity index (χ1n) is 9.38. The maximum Gasteiger partial charge on any atom is 0.339 e. The molecule has 0 unspecified atom stereocenters. The van der Waals surface area contributed by atoms with Gasteiger partial charge < -0.3 is 14.9 Å². The van der Waals surface area contributed by atoms with Crippen molar-refractivity contribution in [1.82, 2.24) is 0 Å². The lowest BCUT2D eigenvalue weighted by molar-refractivity contribution is 0.0693. The Morgan fingerprint density at radius 3 is 2.39 bits per heavy atom. The predicted molar refractivity (Wildman–Crippen MR) is 108 cm³/mol. The Morgan fingerprint density at radius 2 is 1.86 bits per heavy atom. The first-order valence-corrected chi connectivity index (χ1v) is 10.9. The third kappa shape index (κ3) is 5.04. The van der Waals surface area contributed by atoms with Crippen molar-refractivity contribution < 1.29 is 28.2 Å². The Hall–Kier alpha value is -2.54. The number of carbonyl (C=O) groups is 1. The summed E-state index contributed by atoms with van der Waals surface area (Å²) in [7, 11) is -3.05. The zero-order valence-corrected chi connectivity index (χ0v) is 17.0. The Bertz CT molecular complexity index is 922. The van der Waals surface area contributed by atoms with Gasteiger partial charge in [-0.1, -0.05) is 26.2 Å². The molecular weight excluding hydrogens is 380 g/mol. The van der Waals surface area contributed by atoms with E-state index in [1.807, 2.05) is 6.08 Å². The van der Waals surface area contributed by atoms with E-state index >= 15 is 0 Å². The van der Waals surface area contributed by atoms with Gasteiger partial charge in [-0.3, -0.25) is 0 Å². The maximum absolute atomic E-state index is 11.7. The highest BCUT2D eigenvalue weighted by atomic mass is 32.2. The normalized spacial score (nSPS) is 15.9. The molecule has 0 radical (unpaired) electrons. The highest BCUT2D eigenvalue weighted by Gasteiger charge is 2.33. The number of hydrogen-bond acceptors (Lipinski definition) is 5. The van der Waals surface area contributed by atoms with E-state index in [1.54, 1.807) is 19.1 Å². The zero-order valence-electron chi connectivity index (χ0n) is 16.1. The van der Waals surface area contributed by atoms with E-state index in [-0.39, 0.29) is 11.3 Å². The number of fused-ring (bicyclic) bond motifs is 2. The Kier molecular flexibility index (Phi) is 7.45. The summed E-state index contributed by atoms with van der Waals surface area (Å²) in [6.45, 7) is 4.44. The van der Waals surface area contributed by atoms with Crippen molar-refractivity contribution in [3.05, 3.63) is 57.4 Å². The van der Waals surface area contributed by atoms with Gasteiger partial charge in [-0.25, -0.2) is 13.2 Å². The van der Waals surface area contributed by atoms with Crippen molar-refractivity contribution in [2.45, 2.75) is 46.0 Å². The minimum absolute atomic E-state index is 0.147. The summed E-state index contributed by atoms with van der Waals surface area (Å²) in [5.74, 6) is -0.979. The molecule has 0 atom stereocenters. The number of rotatable bonds is 8. The number of hydrogen-bond donors (Lipinski definition) is 2. The molecule has 0 amide bonds. The van der Waals surface area contributed by atoms with Crippen molar-refractivity contribution in [3.63, 3.8) is 0 Å². The van der Waals surface area contributed by atoms with Crippen LogP contribution >= 0.6 is 0 Å². The van der Waals surface area contributed by atoms with Gasteiger partial charge in [0.15, 0.2) is 0 Å². The summed E-state index contributed by atoms with van der Waals surface area (Å²) >= 11 is 0. The van der Waals surface area contributed by atoms with Gasteiger partial charge >= 0.3 is 5.97 Å². The van der Waals surface area contributed by atoms with Crippen LogP contribution in [0.1, 0.15) is 56.3 Å². The minimum atomic E-state index is -3.05. The van der Waals surface area contributed by atoms with Crippen molar-refractivity contribution in [3.8, 4) is 11.5 Å². The molecule has 7 heteroatoms. The summed E-state index contributed by atoms with van der Waals surface area (Å²) in [6, 6.07) is 4.11. The Morgan fingerprint density at radius 1 is 1.11 bits per heavy atom. The van der Waals surface area contributed by atoms with Gasteiger partial charge in [-0.15, -0.1) is 0 Å². The second kappa shape index (κ2) is 9.59. The molecule has 3 rings (SSSR count). The molecule has 2 heterocycles. The van der Waals surface area contributed by atoms with Gasteiger partial charge in [0.05, 0.1) is 16.4 Å². The average molecular weight is 407 g/mol. The fraction of sp³-hybridized carbons (Fsp3) is 0.381. The summed E-state index contributed by atoms with van der Waals surface area (Å²) in [4.78, 5) is 11.6. The van der Waals surface area contributed by atoms with Gasteiger partial charge in [-0.2, -0.15) is 0 Å². The first kappa shape index (κ1) is 21.8. The minimum Gasteiger partial charge on any atom is -0.507 e. The molecule has 28 heavy (non-hydrogen) atoms. The molecule has 2 aliphatic rings. The van der Waals surface area contributed by atoms with E-state index < -0.39 is 15.8 Å². The monoisotopic (exact) mass is 406 g/mol. The van der Waals surface area contributed by atoms with Crippen molar-refractivity contribution in [2.75, 3.05) is 6.61 Å². The van der Waals surface area contributed by atoms with Gasteiger partial charge in [0.25, 0.3) is 0 Å². The summed E-state index contributed by atoms with van der Waals surface area (Å²) in [5.41, 5.74) is 0.870. The number of sulfone groups is 1. The predicted octanol–water partition coefficient (Wildman–Crippen LogP) is 4.58. The molecule has 1 aromatic carbocycles. The molecular formula is C21H26O6S. The number of carboxylic acid groups (broad SMARTS) is 1. The van der Waals surface area contributed by atoms with E-state index in [0.29, 0.717) is 22.2 Å². The summed E-state index contributed by atoms with van der Waals surface area (Å²) in [6.07, 6.45) is 10.9. The SMILES string of the molecule is CCCCCCC1=C2C=CC(=C1)S2(=O)=O.CCOc1ccc(O)c(C(=O)O)c1. The lowest BCUT2D eigenvalue weighted by Gasteiger charge is -2.04. The quantitative estimate of drug-likeness (QED) is 0.613. The average Bonchev–Trinajstić information content (AvgIpc) is 3.08. The van der Waals surface area contributed by atoms with E-state index in [9.17, 15) is 13.2 Å². The Labute approximate surface area is 165 Å². The number of ether oxygens (including phenoxy) is 1. The lowest BCUT2D eigenvalue weighted by Crippen LogP contribution is -1.98. The fourth-order valence-corrected chi connectivity index (χ4v) is 4.54. The molecule has 0 saturated carbocycles. The molecule has 1 aromatic rings. The van der Waals surface area contributed by atoms with Gasteiger partial charge in [0, 0.05) is 0 Å². The number of phenols is 1. The summed E-state index contributed by atoms with van der Waals surface area (Å²) < 4.78 is 28.4. The standard InChI is InChI=1S/C12H16O2S.C9H10O4/c1-2-3-4-5-6-10-9-11-7-8-12(10)15(11,13)14;1-2-13-6-3-4-8(10)7(5-6)9(11)12/h7-9H,2-6H2,1H3;3-5,10H,2H2,1H3,(H,11,12). The topological polar surface area (TPSA) is 101 Å². The highest BCUT2D eigenvalue weighted by Crippen LogP contribution is 2.39. The van der Waals surface area contributed by atoms with Gasteiger partial charge in [-0.05, 0) is 61.8 Å². The van der Waals surface area contributed by atoms with Gasteiger partial charge in [0.2, 0.25) is 9.84 Å². The maximum atomic E-state index is 11.7. The number of aromatic carboxylic acids is 1. The van der Waals surface area contributed by atoms with Crippen molar-refractivity contribution in [1.29, 1.82) is 0 Å². The molecule has 0 saturated heterocycles. The molecule has 2 N–H and O–H groups in total. The molecule has 0 aliphatic carbocycles. The molecule has 152 valence electrons. The van der Waals surface area contributed by atoms with Crippen LogP contribution in [0.15, 0.2) is 51.8 Å². The number of aromatic hydroxyl groups is 1. The first-order chi connectivity index (χ1) is 13.3. The van der Waals surface area contributed by atoms with Crippen LogP contribution in [0, 0.1) is 0 Å². The lowest BCUT2D eigenvalue weighted by atomic mass is 10.0. The van der Waals surface area contributed by atoms with Crippen LogP contribution in [-0.2, 0) is 9.84 Å². The molecule has 6 nitrogen and oxygen atoms in total. The number of unbranched alkanes of at least 4 members (excludes halogenated alkanes) is 3. The van der Waals surface area contributed by atoms with Crippen LogP contribution < -0.4 is 4.74 Å². The van der Waals surface area contributed by atoms with Crippen molar-refractivity contribution >= 4 is 15.8 Å². The van der Waals surface area contributed by atoms with Crippen LogP contribution in [0.5, 0.6) is 11.5 Å². The third-order valence-electron chi connectivity index (χ3n) is 4.44. The number of carboxylic acids is 1. The smallest absolute Gasteiger partial charge is 0.339 e. The number of allylic oxidation sites excluding steroid dienone is 4. The Balaban J connectivity index is 0.000000203. The fourth-order valence-electron chi connectivity index (χ4n) is 2.99. The second-order valence-corrected chi connectivity index (χ2v) is 8.42. The third-order valence-corrected chi connectivity index (χ3v) is 6.29.